The Labute approximate surface area is 100 Å². The summed E-state index contributed by atoms with van der Waals surface area (Å²) in [6, 6.07) is 4.07. The molecule has 2 rings (SSSR count). The van der Waals surface area contributed by atoms with Crippen molar-refractivity contribution >= 4 is 0 Å². The molecule has 0 N–H and O–H groups in total. The van der Waals surface area contributed by atoms with Gasteiger partial charge in [-0.25, -0.2) is 8.78 Å². The van der Waals surface area contributed by atoms with Crippen molar-refractivity contribution in [3.63, 3.8) is 0 Å². The number of benzene rings is 1. The number of hydrogen-bond donors (Lipinski definition) is 0. The van der Waals surface area contributed by atoms with Crippen molar-refractivity contribution in [1.82, 2.24) is 4.90 Å². The number of hydrogen-bond acceptors (Lipinski definition) is 2. The second kappa shape index (κ2) is 5.10. The molecule has 1 aliphatic rings. The van der Waals surface area contributed by atoms with Crippen molar-refractivity contribution in [2.45, 2.75) is 32.6 Å². The Morgan fingerprint density at radius 1 is 1.18 bits per heavy atom. The van der Waals surface area contributed by atoms with E-state index in [9.17, 15) is 8.78 Å². The largest absolute Gasteiger partial charge is 0.373 e. The van der Waals surface area contributed by atoms with E-state index in [1.807, 2.05) is 13.8 Å². The molecule has 1 heterocycles. The van der Waals surface area contributed by atoms with Gasteiger partial charge in [-0.15, -0.1) is 0 Å². The van der Waals surface area contributed by atoms with Gasteiger partial charge in [0.1, 0.15) is 0 Å². The zero-order valence-electron chi connectivity index (χ0n) is 10.1. The molecule has 1 aromatic rings. The lowest BCUT2D eigenvalue weighted by Gasteiger charge is -2.35. The van der Waals surface area contributed by atoms with Crippen LogP contribution in [0.5, 0.6) is 0 Å². The Kier molecular flexibility index (Phi) is 3.74. The van der Waals surface area contributed by atoms with Gasteiger partial charge in [-0.2, -0.15) is 0 Å². The van der Waals surface area contributed by atoms with E-state index in [1.165, 1.54) is 12.1 Å². The quantitative estimate of drug-likeness (QED) is 0.789. The van der Waals surface area contributed by atoms with Crippen molar-refractivity contribution in [2.75, 3.05) is 13.1 Å². The van der Waals surface area contributed by atoms with Gasteiger partial charge in [-0.3, -0.25) is 4.90 Å². The van der Waals surface area contributed by atoms with Crippen LogP contribution in [-0.4, -0.2) is 30.2 Å². The molecular weight excluding hydrogens is 224 g/mol. The zero-order valence-corrected chi connectivity index (χ0v) is 10.1. The maximum absolute atomic E-state index is 13.1. The molecule has 2 nitrogen and oxygen atoms in total. The highest BCUT2D eigenvalue weighted by atomic mass is 19.2. The minimum atomic E-state index is -0.794. The van der Waals surface area contributed by atoms with E-state index in [1.54, 1.807) is 6.07 Å². The average molecular weight is 241 g/mol. The predicted octanol–water partition coefficient (Wildman–Crippen LogP) is 2.57. The van der Waals surface area contributed by atoms with Crippen LogP contribution in [0.4, 0.5) is 8.78 Å². The summed E-state index contributed by atoms with van der Waals surface area (Å²) >= 11 is 0. The molecule has 4 heteroatoms. The number of rotatable bonds is 2. The molecule has 1 fully saturated rings. The maximum Gasteiger partial charge on any atom is 0.159 e. The van der Waals surface area contributed by atoms with E-state index in [4.69, 9.17) is 4.74 Å². The van der Waals surface area contributed by atoms with Gasteiger partial charge in [0.25, 0.3) is 0 Å². The predicted molar refractivity (Wildman–Crippen MR) is 61.6 cm³/mol. The number of ether oxygens (including phenoxy) is 1. The Morgan fingerprint density at radius 2 is 1.82 bits per heavy atom. The van der Waals surface area contributed by atoms with Crippen LogP contribution in [0, 0.1) is 11.6 Å². The molecule has 94 valence electrons. The smallest absolute Gasteiger partial charge is 0.159 e. The van der Waals surface area contributed by atoms with Crippen LogP contribution in [0.15, 0.2) is 18.2 Å². The van der Waals surface area contributed by atoms with Gasteiger partial charge in [0.05, 0.1) is 12.2 Å². The topological polar surface area (TPSA) is 12.5 Å². The molecular formula is C13H17F2NO. The second-order valence-corrected chi connectivity index (χ2v) is 4.70. The van der Waals surface area contributed by atoms with Gasteiger partial charge in [-0.05, 0) is 31.5 Å². The molecule has 0 saturated carbocycles. The monoisotopic (exact) mass is 241 g/mol. The van der Waals surface area contributed by atoms with Gasteiger partial charge in [0, 0.05) is 19.6 Å². The molecule has 1 aliphatic heterocycles. The molecule has 2 unspecified atom stereocenters. The van der Waals surface area contributed by atoms with Crippen LogP contribution in [0.1, 0.15) is 19.4 Å². The first-order chi connectivity index (χ1) is 8.04. The van der Waals surface area contributed by atoms with Gasteiger partial charge in [0.15, 0.2) is 11.6 Å². The van der Waals surface area contributed by atoms with Crippen molar-refractivity contribution in [3.8, 4) is 0 Å². The van der Waals surface area contributed by atoms with E-state index in [0.29, 0.717) is 6.54 Å². The second-order valence-electron chi connectivity index (χ2n) is 4.70. The lowest BCUT2D eigenvalue weighted by Crippen LogP contribution is -2.44. The zero-order chi connectivity index (χ0) is 12.4. The molecule has 0 aromatic heterocycles. The fourth-order valence-electron chi connectivity index (χ4n) is 2.31. The van der Waals surface area contributed by atoms with Crippen LogP contribution < -0.4 is 0 Å². The van der Waals surface area contributed by atoms with Crippen LogP contribution in [0.3, 0.4) is 0 Å². The van der Waals surface area contributed by atoms with Gasteiger partial charge >= 0.3 is 0 Å². The highest BCUT2D eigenvalue weighted by Gasteiger charge is 2.22. The van der Waals surface area contributed by atoms with E-state index in [2.05, 4.69) is 4.90 Å². The van der Waals surface area contributed by atoms with E-state index < -0.39 is 11.6 Å². The van der Waals surface area contributed by atoms with E-state index >= 15 is 0 Å². The first kappa shape index (κ1) is 12.5. The van der Waals surface area contributed by atoms with Crippen LogP contribution in [0.25, 0.3) is 0 Å². The summed E-state index contributed by atoms with van der Waals surface area (Å²) in [5.74, 6) is -1.57. The van der Waals surface area contributed by atoms with Crippen molar-refractivity contribution in [2.24, 2.45) is 0 Å². The first-order valence-electron chi connectivity index (χ1n) is 5.86. The number of halogens is 2. The third-order valence-corrected chi connectivity index (χ3v) is 2.89. The Balaban J connectivity index is 2.02. The number of morpholine rings is 1. The summed E-state index contributed by atoms with van der Waals surface area (Å²) < 4.78 is 31.5. The summed E-state index contributed by atoms with van der Waals surface area (Å²) in [5, 5.41) is 0. The minimum Gasteiger partial charge on any atom is -0.373 e. The molecule has 1 saturated heterocycles. The highest BCUT2D eigenvalue weighted by Crippen LogP contribution is 2.15. The third-order valence-electron chi connectivity index (χ3n) is 2.89. The Morgan fingerprint density at radius 3 is 2.41 bits per heavy atom. The molecule has 0 aliphatic carbocycles. The van der Waals surface area contributed by atoms with Gasteiger partial charge in [0.2, 0.25) is 0 Å². The summed E-state index contributed by atoms with van der Waals surface area (Å²) in [6.07, 6.45) is 0.369. The standard InChI is InChI=1S/C13H17F2NO/c1-9-6-16(7-10(2)17-9)8-11-3-4-12(14)13(15)5-11/h3-5,9-10H,6-8H2,1-2H3. The van der Waals surface area contributed by atoms with E-state index in [-0.39, 0.29) is 12.2 Å². The lowest BCUT2D eigenvalue weighted by atomic mass is 10.1. The van der Waals surface area contributed by atoms with Crippen LogP contribution >= 0.6 is 0 Å². The van der Waals surface area contributed by atoms with Gasteiger partial charge in [-0.1, -0.05) is 6.07 Å². The molecule has 1 aromatic carbocycles. The maximum atomic E-state index is 13.1. The molecule has 17 heavy (non-hydrogen) atoms. The fraction of sp³-hybridized carbons (Fsp3) is 0.538. The Hall–Kier alpha value is -1.00. The summed E-state index contributed by atoms with van der Waals surface area (Å²) in [7, 11) is 0. The number of nitrogens with zero attached hydrogens (tertiary/aromatic N) is 1. The average Bonchev–Trinajstić information content (AvgIpc) is 2.22. The van der Waals surface area contributed by atoms with Gasteiger partial charge < -0.3 is 4.74 Å². The summed E-state index contributed by atoms with van der Waals surface area (Å²) in [5.41, 5.74) is 0.796. The fourth-order valence-corrected chi connectivity index (χ4v) is 2.31. The molecule has 0 bridgehead atoms. The van der Waals surface area contributed by atoms with Crippen molar-refractivity contribution in [1.29, 1.82) is 0 Å². The highest BCUT2D eigenvalue weighted by molar-refractivity contribution is 5.17. The van der Waals surface area contributed by atoms with Crippen molar-refractivity contribution in [3.05, 3.63) is 35.4 Å². The lowest BCUT2D eigenvalue weighted by molar-refractivity contribution is -0.0705. The summed E-state index contributed by atoms with van der Waals surface area (Å²) in [4.78, 5) is 2.20. The molecule has 0 amide bonds. The van der Waals surface area contributed by atoms with E-state index in [0.717, 1.165) is 18.7 Å². The SMILES string of the molecule is CC1CN(Cc2ccc(F)c(F)c2)CC(C)O1. The normalized spacial score (nSPS) is 26.1. The third kappa shape index (κ3) is 3.23. The summed E-state index contributed by atoms with van der Waals surface area (Å²) in [6.45, 7) is 6.32. The molecule has 0 spiro atoms. The first-order valence-corrected chi connectivity index (χ1v) is 5.86. The van der Waals surface area contributed by atoms with Crippen molar-refractivity contribution < 1.29 is 13.5 Å². The molecule has 2 atom stereocenters. The van der Waals surface area contributed by atoms with Crippen LogP contribution in [0.2, 0.25) is 0 Å². The van der Waals surface area contributed by atoms with Crippen LogP contribution in [-0.2, 0) is 11.3 Å². The molecule has 0 radical (unpaired) electrons. The minimum absolute atomic E-state index is 0.184. The Bertz CT molecular complexity index is 387.